The lowest BCUT2D eigenvalue weighted by atomic mass is 9.51. The molecule has 5 heteroatoms. The van der Waals surface area contributed by atoms with E-state index in [0.29, 0.717) is 25.8 Å². The first-order chi connectivity index (χ1) is 14.0. The lowest BCUT2D eigenvalue weighted by molar-refractivity contribution is -0.177. The van der Waals surface area contributed by atoms with Crippen molar-refractivity contribution >= 4 is 34.2 Å². The third-order valence-electron chi connectivity index (χ3n) is 7.12. The van der Waals surface area contributed by atoms with Crippen molar-refractivity contribution in [2.45, 2.75) is 47.0 Å². The molecule has 2 aromatic carbocycles. The minimum absolute atomic E-state index is 0.0105. The van der Waals surface area contributed by atoms with Crippen LogP contribution in [0, 0.1) is 16.2 Å². The molecule has 2 atom stereocenters. The molecule has 5 nitrogen and oxygen atoms in total. The van der Waals surface area contributed by atoms with E-state index in [1.807, 2.05) is 75.1 Å². The highest BCUT2D eigenvalue weighted by atomic mass is 16.2. The van der Waals surface area contributed by atoms with Gasteiger partial charge in [-0.25, -0.2) is 0 Å². The van der Waals surface area contributed by atoms with E-state index in [-0.39, 0.29) is 17.7 Å². The Labute approximate surface area is 178 Å². The molecule has 0 N–H and O–H groups in total. The number of anilines is 1. The zero-order valence-corrected chi connectivity index (χ0v) is 18.5. The lowest BCUT2D eigenvalue weighted by Crippen LogP contribution is -2.64. The molecule has 2 unspecified atom stereocenters. The molecular formula is C25H30N2O3. The number of piperidine rings is 1. The number of imide groups is 1. The van der Waals surface area contributed by atoms with Gasteiger partial charge in [-0.2, -0.15) is 0 Å². The van der Waals surface area contributed by atoms with Crippen LogP contribution in [-0.2, 0) is 14.4 Å². The molecule has 2 fully saturated rings. The fraction of sp³-hybridized carbons (Fsp3) is 0.480. The molecule has 1 saturated carbocycles. The number of hydrogen-bond donors (Lipinski definition) is 0. The highest BCUT2D eigenvalue weighted by molar-refractivity contribution is 6.08. The Morgan fingerprint density at radius 1 is 0.933 bits per heavy atom. The van der Waals surface area contributed by atoms with Gasteiger partial charge in [0.05, 0.1) is 5.69 Å². The Morgan fingerprint density at radius 3 is 2.10 bits per heavy atom. The molecule has 30 heavy (non-hydrogen) atoms. The predicted octanol–water partition coefficient (Wildman–Crippen LogP) is 4.39. The molecule has 1 aliphatic carbocycles. The number of fused-ring (bicyclic) bond motifs is 3. The van der Waals surface area contributed by atoms with Crippen LogP contribution in [0.15, 0.2) is 42.5 Å². The summed E-state index contributed by atoms with van der Waals surface area (Å²) >= 11 is 0. The van der Waals surface area contributed by atoms with Gasteiger partial charge in [-0.05, 0) is 37.6 Å². The van der Waals surface area contributed by atoms with E-state index in [0.717, 1.165) is 16.5 Å². The van der Waals surface area contributed by atoms with E-state index >= 15 is 0 Å². The third-order valence-corrected chi connectivity index (χ3v) is 7.12. The average Bonchev–Trinajstić information content (AvgIpc) is 2.71. The van der Waals surface area contributed by atoms with Crippen molar-refractivity contribution in [3.8, 4) is 0 Å². The average molecular weight is 407 g/mol. The predicted molar refractivity (Wildman–Crippen MR) is 118 cm³/mol. The van der Waals surface area contributed by atoms with Crippen LogP contribution in [0.1, 0.15) is 47.0 Å². The van der Waals surface area contributed by atoms with Gasteiger partial charge in [0.1, 0.15) is 0 Å². The van der Waals surface area contributed by atoms with Crippen LogP contribution < -0.4 is 4.90 Å². The normalized spacial score (nSPS) is 31.2. The first-order valence-electron chi connectivity index (χ1n) is 10.7. The number of carbonyl (C=O) groups is 3. The molecule has 1 heterocycles. The van der Waals surface area contributed by atoms with Crippen molar-refractivity contribution in [1.82, 2.24) is 4.90 Å². The minimum Gasteiger partial charge on any atom is -0.312 e. The minimum atomic E-state index is -0.790. The summed E-state index contributed by atoms with van der Waals surface area (Å²) < 4.78 is 0. The summed E-state index contributed by atoms with van der Waals surface area (Å²) in [5.74, 6) is -0.350. The number of rotatable bonds is 3. The van der Waals surface area contributed by atoms with Gasteiger partial charge in [0.2, 0.25) is 17.7 Å². The third kappa shape index (κ3) is 2.86. The van der Waals surface area contributed by atoms with Crippen LogP contribution in [0.3, 0.4) is 0 Å². The maximum Gasteiger partial charge on any atom is 0.234 e. The highest BCUT2D eigenvalue weighted by Crippen LogP contribution is 2.58. The summed E-state index contributed by atoms with van der Waals surface area (Å²) in [6.07, 6.45) is 1.41. The second-order valence-electron chi connectivity index (χ2n) is 9.93. The van der Waals surface area contributed by atoms with E-state index in [1.54, 1.807) is 7.05 Å². The molecule has 158 valence electrons. The van der Waals surface area contributed by atoms with Crippen molar-refractivity contribution in [3.05, 3.63) is 42.5 Å². The first kappa shape index (κ1) is 20.6. The number of hydrogen-bond acceptors (Lipinski definition) is 3. The van der Waals surface area contributed by atoms with Crippen LogP contribution in [0.25, 0.3) is 10.8 Å². The van der Waals surface area contributed by atoms with Gasteiger partial charge < -0.3 is 4.90 Å². The van der Waals surface area contributed by atoms with E-state index in [2.05, 4.69) is 0 Å². The number of benzene rings is 2. The molecular weight excluding hydrogens is 376 g/mol. The van der Waals surface area contributed by atoms with Crippen LogP contribution in [0.5, 0.6) is 0 Å². The summed E-state index contributed by atoms with van der Waals surface area (Å²) in [6.45, 7) is 8.26. The van der Waals surface area contributed by atoms with Gasteiger partial charge in [-0.1, -0.05) is 57.2 Å². The maximum atomic E-state index is 14.0. The Morgan fingerprint density at radius 2 is 1.50 bits per heavy atom. The van der Waals surface area contributed by atoms with E-state index in [4.69, 9.17) is 0 Å². The maximum absolute atomic E-state index is 14.0. The second-order valence-corrected chi connectivity index (χ2v) is 9.93. The van der Waals surface area contributed by atoms with Crippen molar-refractivity contribution in [1.29, 1.82) is 0 Å². The zero-order chi connectivity index (χ0) is 21.9. The van der Waals surface area contributed by atoms with E-state index in [9.17, 15) is 14.4 Å². The monoisotopic (exact) mass is 406 g/mol. The molecule has 2 aromatic rings. The summed E-state index contributed by atoms with van der Waals surface area (Å²) in [6, 6.07) is 14.0. The molecule has 1 aliphatic heterocycles. The van der Waals surface area contributed by atoms with Crippen LogP contribution in [0.2, 0.25) is 0 Å². The summed E-state index contributed by atoms with van der Waals surface area (Å²) in [5, 5.41) is 2.11. The van der Waals surface area contributed by atoms with Crippen molar-refractivity contribution in [2.24, 2.45) is 16.2 Å². The Balaban J connectivity index is 1.78. The van der Waals surface area contributed by atoms with Crippen molar-refractivity contribution < 1.29 is 14.4 Å². The van der Waals surface area contributed by atoms with Gasteiger partial charge >= 0.3 is 0 Å². The van der Waals surface area contributed by atoms with Gasteiger partial charge in [0.15, 0.2) is 0 Å². The summed E-state index contributed by atoms with van der Waals surface area (Å²) in [5.41, 5.74) is -1.33. The van der Waals surface area contributed by atoms with Gasteiger partial charge in [-0.15, -0.1) is 0 Å². The molecule has 4 rings (SSSR count). The molecule has 2 bridgehead atoms. The zero-order valence-electron chi connectivity index (χ0n) is 18.5. The first-order valence-corrected chi connectivity index (χ1v) is 10.7. The van der Waals surface area contributed by atoms with E-state index in [1.165, 1.54) is 4.90 Å². The molecule has 0 spiro atoms. The summed E-state index contributed by atoms with van der Waals surface area (Å²) in [4.78, 5) is 43.1. The van der Waals surface area contributed by atoms with Crippen LogP contribution in [-0.4, -0.2) is 36.2 Å². The van der Waals surface area contributed by atoms with Crippen LogP contribution >= 0.6 is 0 Å². The van der Waals surface area contributed by atoms with Crippen LogP contribution in [0.4, 0.5) is 5.69 Å². The Bertz CT molecular complexity index is 1030. The van der Waals surface area contributed by atoms with Gasteiger partial charge in [0.25, 0.3) is 0 Å². The van der Waals surface area contributed by atoms with E-state index < -0.39 is 16.2 Å². The molecule has 3 amide bonds. The highest BCUT2D eigenvalue weighted by Gasteiger charge is 2.63. The lowest BCUT2D eigenvalue weighted by Gasteiger charge is -2.56. The molecule has 0 radical (unpaired) electrons. The fourth-order valence-corrected chi connectivity index (χ4v) is 6.32. The van der Waals surface area contributed by atoms with Gasteiger partial charge in [-0.3, -0.25) is 19.3 Å². The smallest absolute Gasteiger partial charge is 0.234 e. The molecule has 0 aromatic heterocycles. The van der Waals surface area contributed by atoms with Crippen molar-refractivity contribution in [3.63, 3.8) is 0 Å². The molecule has 2 aliphatic rings. The quantitative estimate of drug-likeness (QED) is 0.710. The number of nitrogens with zero attached hydrogens (tertiary/aromatic N) is 2. The Hall–Kier alpha value is -2.69. The van der Waals surface area contributed by atoms with Crippen molar-refractivity contribution in [2.75, 3.05) is 18.5 Å². The summed E-state index contributed by atoms with van der Waals surface area (Å²) in [7, 11) is 1.57. The Kier molecular flexibility index (Phi) is 4.57. The number of amides is 3. The number of carbonyl (C=O) groups excluding carboxylic acids is 3. The van der Waals surface area contributed by atoms with Gasteiger partial charge in [0, 0.05) is 35.2 Å². The molecule has 1 saturated heterocycles. The fourth-order valence-electron chi connectivity index (χ4n) is 6.32. The largest absolute Gasteiger partial charge is 0.312 e. The topological polar surface area (TPSA) is 57.7 Å². The number of likely N-dealkylation sites (tertiary alicyclic amines) is 1. The second kappa shape index (κ2) is 6.66. The standard InChI is InChI=1S/C25H30N2O3/c1-6-27(19-13-9-11-17-10-7-8-12-18(17)19)22(30)25(4)15-23(2)14-24(3,16-25)21(29)26(5)20(23)28/h7-13H,6,14-16H2,1-5H3. The SMILES string of the molecule is CCN(C(=O)C1(C)CC2(C)CC(C)(C1)C(=O)N(C)C2=O)c1cccc2ccccc12.